The molecule has 2 aromatic carbocycles. The maximum absolute atomic E-state index is 12.1. The first-order valence-electron chi connectivity index (χ1n) is 10.4. The first-order chi connectivity index (χ1) is 15.1. The predicted octanol–water partition coefficient (Wildman–Crippen LogP) is 3.10. The quantitative estimate of drug-likeness (QED) is 0.252. The third-order valence-electron chi connectivity index (χ3n) is 5.48. The van der Waals surface area contributed by atoms with Gasteiger partial charge in [0.2, 0.25) is 5.91 Å². The number of nitrogens with one attached hydrogen (secondary N) is 3. The second kappa shape index (κ2) is 11.1. The van der Waals surface area contributed by atoms with Crippen LogP contribution in [0.1, 0.15) is 35.1 Å². The van der Waals surface area contributed by atoms with Crippen LogP contribution in [0.4, 0.5) is 5.69 Å². The number of aliphatic imine (C=N–C) groups is 1. The summed E-state index contributed by atoms with van der Waals surface area (Å²) in [5.41, 5.74) is 3.15. The molecule has 1 aliphatic rings. The Morgan fingerprint density at radius 1 is 1.12 bits per heavy atom. The van der Waals surface area contributed by atoms with Crippen molar-refractivity contribution in [1.29, 1.82) is 0 Å². The molecule has 32 heavy (non-hydrogen) atoms. The lowest BCUT2D eigenvalue weighted by molar-refractivity contribution is -0.116. The van der Waals surface area contributed by atoms with Crippen LogP contribution in [0.2, 0.25) is 0 Å². The number of hydrogen-bond acceptors (Lipinski definition) is 4. The molecule has 1 unspecified atom stereocenters. The Balaban J connectivity index is 0.00000289. The molecule has 8 nitrogen and oxygen atoms in total. The van der Waals surface area contributed by atoms with Crippen LogP contribution in [0, 0.1) is 6.92 Å². The number of aryl methyl sites for hydroxylation is 1. The summed E-state index contributed by atoms with van der Waals surface area (Å²) in [5.74, 6) is 2.47. The lowest BCUT2D eigenvalue weighted by atomic mass is 9.90. The lowest BCUT2D eigenvalue weighted by Gasteiger charge is -2.26. The lowest BCUT2D eigenvalue weighted by Crippen LogP contribution is -2.41. The average molecular weight is 545 g/mol. The van der Waals surface area contributed by atoms with Gasteiger partial charge in [-0.3, -0.25) is 4.79 Å². The molecule has 0 saturated carbocycles. The zero-order valence-corrected chi connectivity index (χ0v) is 20.5. The molecule has 0 fully saturated rings. The topological polar surface area (TPSA) is 96.2 Å². The first kappa shape index (κ1) is 23.7. The Morgan fingerprint density at radius 2 is 1.88 bits per heavy atom. The van der Waals surface area contributed by atoms with E-state index in [4.69, 9.17) is 4.99 Å². The fourth-order valence-corrected chi connectivity index (χ4v) is 3.60. The molecule has 0 spiro atoms. The van der Waals surface area contributed by atoms with Gasteiger partial charge in [0.05, 0.1) is 13.1 Å². The van der Waals surface area contributed by atoms with Crippen molar-refractivity contribution in [3.63, 3.8) is 0 Å². The van der Waals surface area contributed by atoms with Crippen LogP contribution < -0.4 is 16.0 Å². The highest BCUT2D eigenvalue weighted by Gasteiger charge is 2.24. The first-order valence-corrected chi connectivity index (χ1v) is 10.4. The SMILES string of the molecule is Cc1nnc(CNC(=NCc2ccccc2)NCC2CC(=O)Nc3ccccc32)n1C.I. The van der Waals surface area contributed by atoms with Crippen molar-refractivity contribution < 1.29 is 4.79 Å². The maximum atomic E-state index is 12.1. The smallest absolute Gasteiger partial charge is 0.225 e. The molecule has 9 heteroatoms. The Hall–Kier alpha value is -2.95. The van der Waals surface area contributed by atoms with Gasteiger partial charge in [-0.2, -0.15) is 0 Å². The number of nitrogens with zero attached hydrogens (tertiary/aromatic N) is 4. The summed E-state index contributed by atoms with van der Waals surface area (Å²) in [4.78, 5) is 16.9. The van der Waals surface area contributed by atoms with Crippen LogP contribution in [0.3, 0.4) is 0 Å². The van der Waals surface area contributed by atoms with Crippen molar-refractivity contribution in [3.8, 4) is 0 Å². The minimum atomic E-state index is 0. The number of carbonyl (C=O) groups excluding carboxylic acids is 1. The van der Waals surface area contributed by atoms with E-state index in [9.17, 15) is 4.79 Å². The van der Waals surface area contributed by atoms with E-state index in [1.807, 2.05) is 54.9 Å². The highest BCUT2D eigenvalue weighted by Crippen LogP contribution is 2.31. The van der Waals surface area contributed by atoms with Crippen LogP contribution in [0.5, 0.6) is 0 Å². The summed E-state index contributed by atoms with van der Waals surface area (Å²) < 4.78 is 1.95. The Bertz CT molecular complexity index is 1080. The zero-order chi connectivity index (χ0) is 21.6. The average Bonchev–Trinajstić information content (AvgIpc) is 3.11. The molecule has 3 aromatic rings. The van der Waals surface area contributed by atoms with Gasteiger partial charge in [0.25, 0.3) is 0 Å². The molecular weight excluding hydrogens is 517 g/mol. The molecule has 168 valence electrons. The number of guanidine groups is 1. The van der Waals surface area contributed by atoms with Crippen LogP contribution in [0.25, 0.3) is 0 Å². The molecule has 1 atom stereocenters. The summed E-state index contributed by atoms with van der Waals surface area (Å²) in [6, 6.07) is 18.1. The monoisotopic (exact) mass is 545 g/mol. The van der Waals surface area contributed by atoms with Gasteiger partial charge in [-0.15, -0.1) is 34.2 Å². The molecule has 0 saturated heterocycles. The van der Waals surface area contributed by atoms with E-state index in [2.05, 4.69) is 44.3 Å². The second-order valence-electron chi connectivity index (χ2n) is 7.64. The van der Waals surface area contributed by atoms with Gasteiger partial charge in [0, 0.05) is 31.6 Å². The minimum absolute atomic E-state index is 0. The van der Waals surface area contributed by atoms with Crippen molar-refractivity contribution in [1.82, 2.24) is 25.4 Å². The fourth-order valence-electron chi connectivity index (χ4n) is 3.60. The number of anilines is 1. The van der Waals surface area contributed by atoms with Gasteiger partial charge >= 0.3 is 0 Å². The number of para-hydroxylation sites is 1. The molecular formula is C23H28IN7O. The second-order valence-corrected chi connectivity index (χ2v) is 7.64. The van der Waals surface area contributed by atoms with Crippen LogP contribution in [0.15, 0.2) is 59.6 Å². The molecule has 0 radical (unpaired) electrons. The summed E-state index contributed by atoms with van der Waals surface area (Å²) in [5, 5.41) is 18.0. The number of hydrogen-bond donors (Lipinski definition) is 3. The molecule has 1 aromatic heterocycles. The number of fused-ring (bicyclic) bond motifs is 1. The van der Waals surface area contributed by atoms with E-state index < -0.39 is 0 Å². The summed E-state index contributed by atoms with van der Waals surface area (Å²) in [7, 11) is 1.94. The number of benzene rings is 2. The highest BCUT2D eigenvalue weighted by atomic mass is 127. The van der Waals surface area contributed by atoms with E-state index in [-0.39, 0.29) is 35.8 Å². The van der Waals surface area contributed by atoms with Crippen molar-refractivity contribution in [2.24, 2.45) is 12.0 Å². The standard InChI is InChI=1S/C23H27N7O.HI/c1-16-28-29-21(30(16)2)15-26-23(24-13-17-8-4-3-5-9-17)25-14-18-12-22(31)27-20-11-7-6-10-19(18)20;/h3-11,18H,12-15H2,1-2H3,(H,27,31)(H2,24,25,26);1H. The highest BCUT2D eigenvalue weighted by molar-refractivity contribution is 14.0. The number of rotatable bonds is 6. The summed E-state index contributed by atoms with van der Waals surface area (Å²) in [6.07, 6.45) is 0.443. The summed E-state index contributed by atoms with van der Waals surface area (Å²) in [6.45, 7) is 3.57. The van der Waals surface area contributed by atoms with Crippen molar-refractivity contribution in [2.45, 2.75) is 32.4 Å². The molecule has 1 aliphatic heterocycles. The minimum Gasteiger partial charge on any atom is -0.356 e. The van der Waals surface area contributed by atoms with Crippen molar-refractivity contribution >= 4 is 41.5 Å². The van der Waals surface area contributed by atoms with Crippen LogP contribution >= 0.6 is 24.0 Å². The molecule has 4 rings (SSSR count). The normalized spacial score (nSPS) is 15.4. The van der Waals surface area contributed by atoms with Gasteiger partial charge in [0.1, 0.15) is 5.82 Å². The summed E-state index contributed by atoms with van der Waals surface area (Å²) >= 11 is 0. The molecule has 2 heterocycles. The van der Waals surface area contributed by atoms with Gasteiger partial charge < -0.3 is 20.5 Å². The zero-order valence-electron chi connectivity index (χ0n) is 18.2. The number of halogens is 1. The van der Waals surface area contributed by atoms with E-state index in [0.717, 1.165) is 28.5 Å². The predicted molar refractivity (Wildman–Crippen MR) is 136 cm³/mol. The Morgan fingerprint density at radius 3 is 2.62 bits per heavy atom. The van der Waals surface area contributed by atoms with Crippen LogP contribution in [-0.4, -0.2) is 33.2 Å². The maximum Gasteiger partial charge on any atom is 0.225 e. The molecule has 1 amide bonds. The Kier molecular flexibility index (Phi) is 8.20. The number of aromatic nitrogens is 3. The van der Waals surface area contributed by atoms with Crippen molar-refractivity contribution in [3.05, 3.63) is 77.4 Å². The third kappa shape index (κ3) is 5.84. The Labute approximate surface area is 205 Å². The van der Waals surface area contributed by atoms with E-state index in [1.54, 1.807) is 0 Å². The van der Waals surface area contributed by atoms with Gasteiger partial charge in [0.15, 0.2) is 11.8 Å². The van der Waals surface area contributed by atoms with Gasteiger partial charge in [-0.05, 0) is 24.1 Å². The van der Waals surface area contributed by atoms with E-state index >= 15 is 0 Å². The van der Waals surface area contributed by atoms with Crippen molar-refractivity contribution in [2.75, 3.05) is 11.9 Å². The largest absolute Gasteiger partial charge is 0.356 e. The van der Waals surface area contributed by atoms with E-state index in [1.165, 1.54) is 0 Å². The van der Waals surface area contributed by atoms with Gasteiger partial charge in [-0.1, -0.05) is 48.5 Å². The molecule has 0 bridgehead atoms. The third-order valence-corrected chi connectivity index (χ3v) is 5.48. The number of amides is 1. The number of carbonyl (C=O) groups is 1. The van der Waals surface area contributed by atoms with Gasteiger partial charge in [-0.25, -0.2) is 4.99 Å². The van der Waals surface area contributed by atoms with E-state index in [0.29, 0.717) is 32.0 Å². The molecule has 3 N–H and O–H groups in total. The fraction of sp³-hybridized carbons (Fsp3) is 0.304. The van der Waals surface area contributed by atoms with Crippen LogP contribution in [-0.2, 0) is 24.9 Å². The molecule has 0 aliphatic carbocycles.